The fourth-order valence-electron chi connectivity index (χ4n) is 1.75. The van der Waals surface area contributed by atoms with Crippen LogP contribution in [0.15, 0.2) is 12.2 Å². The van der Waals surface area contributed by atoms with Gasteiger partial charge in [-0.25, -0.2) is 0 Å². The summed E-state index contributed by atoms with van der Waals surface area (Å²) in [6.45, 7) is 1.50. The number of halogens is 6. The third-order valence-corrected chi connectivity index (χ3v) is 3.03. The van der Waals surface area contributed by atoms with Crippen LogP contribution in [0.5, 0.6) is 0 Å². The lowest BCUT2D eigenvalue weighted by Gasteiger charge is -2.44. The first kappa shape index (κ1) is 15.1. The highest BCUT2D eigenvalue weighted by Crippen LogP contribution is 2.48. The molecule has 0 aromatic carbocycles. The van der Waals surface area contributed by atoms with E-state index in [9.17, 15) is 26.3 Å². The zero-order valence-corrected chi connectivity index (χ0v) is 9.39. The van der Waals surface area contributed by atoms with Crippen LogP contribution in [0, 0.1) is 24.7 Å². The Morgan fingerprint density at radius 2 is 1.44 bits per heavy atom. The maximum atomic E-state index is 12.5. The van der Waals surface area contributed by atoms with E-state index in [0.717, 1.165) is 0 Å². The van der Waals surface area contributed by atoms with Crippen LogP contribution in [-0.2, 0) is 0 Å². The van der Waals surface area contributed by atoms with Crippen molar-refractivity contribution in [1.82, 2.24) is 0 Å². The van der Waals surface area contributed by atoms with E-state index in [1.807, 2.05) is 0 Å². The van der Waals surface area contributed by atoms with Crippen LogP contribution in [0.3, 0.4) is 0 Å². The smallest absolute Gasteiger partial charge is 0.378 e. The van der Waals surface area contributed by atoms with E-state index in [-0.39, 0.29) is 0 Å². The van der Waals surface area contributed by atoms with Crippen LogP contribution in [0.25, 0.3) is 0 Å². The normalized spacial score (nSPS) is 25.6. The quantitative estimate of drug-likeness (QED) is 0.604. The molecule has 1 nitrogen and oxygen atoms in total. The molecule has 1 N–H and O–H groups in total. The Hall–Kier alpha value is -0.980. The second-order valence-corrected chi connectivity index (χ2v) is 4.35. The summed E-state index contributed by atoms with van der Waals surface area (Å²) in [6, 6.07) is 0. The lowest BCUT2D eigenvalue weighted by molar-refractivity contribution is -0.372. The number of aliphatic hydroxyl groups is 1. The molecular weight excluding hydrogens is 262 g/mol. The van der Waals surface area contributed by atoms with Crippen molar-refractivity contribution in [2.24, 2.45) is 11.8 Å². The van der Waals surface area contributed by atoms with Gasteiger partial charge in [0.05, 0.1) is 0 Å². The molecule has 0 aromatic heterocycles. The molecule has 0 saturated carbocycles. The summed E-state index contributed by atoms with van der Waals surface area (Å²) < 4.78 is 74.8. The molecule has 2 unspecified atom stereocenters. The molecule has 1 aliphatic rings. The standard InChI is InChI=1S/C11H12F6O/c1-7-4-2-3-5-8(7)6-9(18,10(12,13)14)11(15,16)17/h2-5,7-8,18H,6H2,1H3/q-2. The monoisotopic (exact) mass is 274 g/mol. The van der Waals surface area contributed by atoms with Crippen molar-refractivity contribution < 1.29 is 31.4 Å². The van der Waals surface area contributed by atoms with Gasteiger partial charge in [-0.1, -0.05) is 6.92 Å². The molecule has 0 heterocycles. The van der Waals surface area contributed by atoms with Crippen LogP contribution in [-0.4, -0.2) is 23.1 Å². The van der Waals surface area contributed by atoms with Gasteiger partial charge in [-0.05, 0) is 6.42 Å². The Morgan fingerprint density at radius 3 is 1.83 bits per heavy atom. The van der Waals surface area contributed by atoms with E-state index in [0.29, 0.717) is 0 Å². The highest BCUT2D eigenvalue weighted by atomic mass is 19.4. The van der Waals surface area contributed by atoms with E-state index in [4.69, 9.17) is 5.11 Å². The van der Waals surface area contributed by atoms with Gasteiger partial charge >= 0.3 is 12.4 Å². The summed E-state index contributed by atoms with van der Waals surface area (Å²) >= 11 is 0. The minimum atomic E-state index is -5.75. The number of hydrogen-bond acceptors (Lipinski definition) is 1. The molecule has 0 spiro atoms. The summed E-state index contributed by atoms with van der Waals surface area (Å²) in [5.74, 6) is -1.51. The zero-order chi connectivity index (χ0) is 14.2. The molecule has 0 amide bonds. The lowest BCUT2D eigenvalue weighted by Crippen LogP contribution is -2.58. The van der Waals surface area contributed by atoms with Gasteiger partial charge in [-0.15, -0.1) is 11.8 Å². The predicted octanol–water partition coefficient (Wildman–Crippen LogP) is 3.46. The maximum absolute atomic E-state index is 12.5. The Kier molecular flexibility index (Phi) is 3.86. The highest BCUT2D eigenvalue weighted by molar-refractivity contribution is 5.15. The van der Waals surface area contributed by atoms with Crippen LogP contribution in [0.2, 0.25) is 0 Å². The summed E-state index contributed by atoms with van der Waals surface area (Å²) in [7, 11) is 0. The molecule has 0 radical (unpaired) electrons. The topological polar surface area (TPSA) is 20.2 Å². The van der Waals surface area contributed by atoms with Crippen molar-refractivity contribution in [1.29, 1.82) is 0 Å². The number of allylic oxidation sites excluding steroid dienone is 2. The second kappa shape index (κ2) is 4.60. The van der Waals surface area contributed by atoms with Crippen molar-refractivity contribution >= 4 is 0 Å². The fourth-order valence-corrected chi connectivity index (χ4v) is 1.75. The van der Waals surface area contributed by atoms with E-state index < -0.39 is 36.2 Å². The van der Waals surface area contributed by atoms with E-state index >= 15 is 0 Å². The summed E-state index contributed by atoms with van der Waals surface area (Å²) in [5, 5.41) is 9.05. The fraction of sp³-hybridized carbons (Fsp3) is 0.636. The van der Waals surface area contributed by atoms with Crippen molar-refractivity contribution in [2.45, 2.75) is 31.3 Å². The maximum Gasteiger partial charge on any atom is 0.426 e. The molecule has 106 valence electrons. The van der Waals surface area contributed by atoms with Gasteiger partial charge in [0, 0.05) is 0 Å². The van der Waals surface area contributed by atoms with E-state index in [2.05, 4.69) is 0 Å². The Morgan fingerprint density at radius 1 is 1.00 bits per heavy atom. The molecule has 7 heteroatoms. The highest BCUT2D eigenvalue weighted by Gasteiger charge is 2.70. The van der Waals surface area contributed by atoms with E-state index in [1.165, 1.54) is 25.8 Å². The third kappa shape index (κ3) is 2.71. The van der Waals surface area contributed by atoms with Crippen LogP contribution >= 0.6 is 0 Å². The van der Waals surface area contributed by atoms with Gasteiger partial charge in [0.2, 0.25) is 0 Å². The first-order valence-corrected chi connectivity index (χ1v) is 5.20. The van der Waals surface area contributed by atoms with Crippen LogP contribution < -0.4 is 0 Å². The average Bonchev–Trinajstić information content (AvgIpc) is 2.18. The molecule has 0 bridgehead atoms. The molecule has 0 aliphatic heterocycles. The molecule has 1 rings (SSSR count). The Balaban J connectivity index is 2.97. The summed E-state index contributed by atoms with van der Waals surface area (Å²) in [6.07, 6.45) is -7.27. The molecular formula is C11H12F6O-2. The predicted molar refractivity (Wildman–Crippen MR) is 52.1 cm³/mol. The number of hydrogen-bond donors (Lipinski definition) is 1. The number of alkyl halides is 6. The molecule has 2 atom stereocenters. The first-order chi connectivity index (χ1) is 7.99. The van der Waals surface area contributed by atoms with Gasteiger partial charge in [0.1, 0.15) is 0 Å². The van der Waals surface area contributed by atoms with Gasteiger partial charge in [0.15, 0.2) is 0 Å². The van der Waals surface area contributed by atoms with Gasteiger partial charge < -0.3 is 30.1 Å². The minimum absolute atomic E-state index is 0.494. The molecule has 0 aromatic rings. The first-order valence-electron chi connectivity index (χ1n) is 5.20. The van der Waals surface area contributed by atoms with Crippen LogP contribution in [0.1, 0.15) is 13.3 Å². The Labute approximate surface area is 100 Å². The summed E-state index contributed by atoms with van der Waals surface area (Å²) in [4.78, 5) is 0. The van der Waals surface area contributed by atoms with Crippen molar-refractivity contribution in [3.05, 3.63) is 25.0 Å². The average molecular weight is 274 g/mol. The molecule has 0 fully saturated rings. The summed E-state index contributed by atoms with van der Waals surface area (Å²) in [5.41, 5.74) is -4.67. The van der Waals surface area contributed by atoms with Gasteiger partial charge in [0.25, 0.3) is 5.60 Å². The zero-order valence-electron chi connectivity index (χ0n) is 9.39. The second-order valence-electron chi connectivity index (χ2n) is 4.35. The molecule has 18 heavy (non-hydrogen) atoms. The molecule has 0 saturated heterocycles. The van der Waals surface area contributed by atoms with Crippen molar-refractivity contribution in [3.63, 3.8) is 0 Å². The van der Waals surface area contributed by atoms with Gasteiger partial charge in [-0.3, -0.25) is 0 Å². The van der Waals surface area contributed by atoms with Gasteiger partial charge in [-0.2, -0.15) is 26.3 Å². The largest absolute Gasteiger partial charge is 0.426 e. The Bertz CT molecular complexity index is 302. The van der Waals surface area contributed by atoms with Crippen molar-refractivity contribution in [3.8, 4) is 0 Å². The third-order valence-electron chi connectivity index (χ3n) is 3.03. The lowest BCUT2D eigenvalue weighted by atomic mass is 9.76. The van der Waals surface area contributed by atoms with Crippen molar-refractivity contribution in [2.75, 3.05) is 0 Å². The van der Waals surface area contributed by atoms with Crippen LogP contribution in [0.4, 0.5) is 26.3 Å². The minimum Gasteiger partial charge on any atom is -0.378 e. The van der Waals surface area contributed by atoms with E-state index in [1.54, 1.807) is 6.08 Å². The number of rotatable bonds is 2. The molecule has 1 aliphatic carbocycles. The SMILES string of the molecule is CC1[CH-]C=C[CH-]C1CC(O)(C(F)(F)F)C(F)(F)F.